The van der Waals surface area contributed by atoms with Gasteiger partial charge in [-0.05, 0) is 18.2 Å². The fraction of sp³-hybridized carbons (Fsp3) is 0.500. The molecule has 0 saturated carbocycles. The first-order chi connectivity index (χ1) is 12.9. The van der Waals surface area contributed by atoms with Crippen LogP contribution in [0.2, 0.25) is 0 Å². The lowest BCUT2D eigenvalue weighted by Crippen LogP contribution is -2.61. The molecule has 154 valence electrons. The largest absolute Gasteiger partial charge is 0.417 e. The molecule has 2 rings (SSSR count). The van der Waals surface area contributed by atoms with Crippen LogP contribution in [0.1, 0.15) is 11.1 Å². The van der Waals surface area contributed by atoms with Gasteiger partial charge in [-0.2, -0.15) is 35.5 Å². The number of piperazine rings is 1. The molecular weight excluding hydrogens is 399 g/mol. The van der Waals surface area contributed by atoms with Crippen LogP contribution in [0.5, 0.6) is 0 Å². The highest BCUT2D eigenvalue weighted by Gasteiger charge is 2.39. The van der Waals surface area contributed by atoms with E-state index in [2.05, 4.69) is 5.32 Å². The number of amides is 1. The van der Waals surface area contributed by atoms with Gasteiger partial charge in [0.05, 0.1) is 17.2 Å². The molecule has 0 aromatic heterocycles. The molecule has 1 fully saturated rings. The summed E-state index contributed by atoms with van der Waals surface area (Å²) in [5, 5.41) is 11.3. The van der Waals surface area contributed by atoms with Crippen LogP contribution in [0, 0.1) is 11.3 Å². The molecule has 1 aliphatic heterocycles. The van der Waals surface area contributed by atoms with Crippen molar-refractivity contribution in [2.24, 2.45) is 0 Å². The van der Waals surface area contributed by atoms with Crippen LogP contribution in [-0.4, -0.2) is 69.8 Å². The zero-order chi connectivity index (χ0) is 21.3. The fourth-order valence-corrected chi connectivity index (χ4v) is 4.05. The van der Waals surface area contributed by atoms with E-state index >= 15 is 0 Å². The lowest BCUT2D eigenvalue weighted by molar-refractivity contribution is -0.137. The number of hydrogen-bond acceptors (Lipinski definition) is 5. The van der Waals surface area contributed by atoms with Gasteiger partial charge in [0.25, 0.3) is 10.2 Å². The summed E-state index contributed by atoms with van der Waals surface area (Å²) in [5.74, 6) is -0.531. The van der Waals surface area contributed by atoms with E-state index in [-0.39, 0.29) is 25.3 Å². The van der Waals surface area contributed by atoms with Crippen LogP contribution in [0.25, 0.3) is 0 Å². The molecule has 1 unspecified atom stereocenters. The van der Waals surface area contributed by atoms with Crippen molar-refractivity contribution in [2.75, 3.05) is 45.7 Å². The average molecular weight is 419 g/mol. The Kier molecular flexibility index (Phi) is 6.22. The third-order valence-electron chi connectivity index (χ3n) is 4.44. The van der Waals surface area contributed by atoms with Gasteiger partial charge in [0.15, 0.2) is 0 Å². The highest BCUT2D eigenvalue weighted by molar-refractivity contribution is 7.86. The van der Waals surface area contributed by atoms with E-state index in [1.165, 1.54) is 38.2 Å². The number of nitriles is 1. The molecule has 0 spiro atoms. The van der Waals surface area contributed by atoms with Gasteiger partial charge in [-0.15, -0.1) is 0 Å². The zero-order valence-corrected chi connectivity index (χ0v) is 16.3. The first-order valence-corrected chi connectivity index (χ1v) is 9.60. The molecule has 8 nitrogen and oxygen atoms in total. The topological polar surface area (TPSA) is 96.8 Å². The standard InChI is InChI=1S/C16H20F3N5O3S/c1-21-15(25)14-10-23(28(26,27)22(2)3)6-7-24(14)12-5-4-11(9-20)13(8-12)16(17,18)19/h4-5,8,14H,6-7,10H2,1-3H3,(H,21,25). The molecule has 28 heavy (non-hydrogen) atoms. The zero-order valence-electron chi connectivity index (χ0n) is 15.5. The Hall–Kier alpha value is -2.36. The van der Waals surface area contributed by atoms with Gasteiger partial charge >= 0.3 is 6.18 Å². The molecule has 12 heteroatoms. The number of halogens is 3. The van der Waals surface area contributed by atoms with Crippen molar-refractivity contribution in [3.8, 4) is 6.07 Å². The summed E-state index contributed by atoms with van der Waals surface area (Å²) >= 11 is 0. The van der Waals surface area contributed by atoms with Gasteiger partial charge < -0.3 is 10.2 Å². The van der Waals surface area contributed by atoms with Crippen LogP contribution in [-0.2, 0) is 21.2 Å². The quantitative estimate of drug-likeness (QED) is 0.772. The van der Waals surface area contributed by atoms with Crippen LogP contribution in [0.3, 0.4) is 0 Å². The van der Waals surface area contributed by atoms with E-state index in [1.54, 1.807) is 0 Å². The van der Waals surface area contributed by atoms with Crippen molar-refractivity contribution < 1.29 is 26.4 Å². The predicted molar refractivity (Wildman–Crippen MR) is 95.5 cm³/mol. The molecule has 1 aromatic rings. The predicted octanol–water partition coefficient (Wildman–Crippen LogP) is 0.620. The number of hydrogen-bond donors (Lipinski definition) is 1. The Morgan fingerprint density at radius 3 is 2.46 bits per heavy atom. The minimum atomic E-state index is -4.74. The van der Waals surface area contributed by atoms with Crippen molar-refractivity contribution in [3.05, 3.63) is 29.3 Å². The van der Waals surface area contributed by atoms with Crippen LogP contribution in [0.4, 0.5) is 18.9 Å². The molecule has 1 aliphatic rings. The van der Waals surface area contributed by atoms with Crippen molar-refractivity contribution in [2.45, 2.75) is 12.2 Å². The maximum Gasteiger partial charge on any atom is 0.417 e. The molecule has 1 atom stereocenters. The monoisotopic (exact) mass is 419 g/mol. The second-order valence-corrected chi connectivity index (χ2v) is 8.45. The van der Waals surface area contributed by atoms with Crippen LogP contribution >= 0.6 is 0 Å². The third kappa shape index (κ3) is 4.21. The average Bonchev–Trinajstić information content (AvgIpc) is 2.65. The Labute approximate surface area is 161 Å². The van der Waals surface area contributed by atoms with Gasteiger partial charge in [-0.3, -0.25) is 4.79 Å². The van der Waals surface area contributed by atoms with E-state index in [4.69, 9.17) is 5.26 Å². The second kappa shape index (κ2) is 7.94. The Morgan fingerprint density at radius 2 is 1.96 bits per heavy atom. The van der Waals surface area contributed by atoms with E-state index < -0.39 is 39.5 Å². The van der Waals surface area contributed by atoms with Crippen molar-refractivity contribution in [3.63, 3.8) is 0 Å². The molecular formula is C16H20F3N5O3S. The van der Waals surface area contributed by atoms with Gasteiger partial charge in [0, 0.05) is 46.5 Å². The normalized spacial score (nSPS) is 18.8. The molecule has 0 aliphatic carbocycles. The molecule has 1 amide bonds. The molecule has 1 aromatic carbocycles. The van der Waals surface area contributed by atoms with E-state index in [0.717, 1.165) is 20.7 Å². The van der Waals surface area contributed by atoms with E-state index in [0.29, 0.717) is 0 Å². The number of benzene rings is 1. The lowest BCUT2D eigenvalue weighted by atomic mass is 10.0. The van der Waals surface area contributed by atoms with Crippen molar-refractivity contribution >= 4 is 21.8 Å². The number of carbonyl (C=O) groups excluding carboxylic acids is 1. The summed E-state index contributed by atoms with van der Waals surface area (Å²) in [6.07, 6.45) is -4.74. The maximum atomic E-state index is 13.3. The summed E-state index contributed by atoms with van der Waals surface area (Å²) < 4.78 is 66.7. The van der Waals surface area contributed by atoms with Crippen LogP contribution in [0.15, 0.2) is 18.2 Å². The Balaban J connectivity index is 2.45. The summed E-state index contributed by atoms with van der Waals surface area (Å²) in [6, 6.07) is 3.65. The smallest absolute Gasteiger partial charge is 0.357 e. The van der Waals surface area contributed by atoms with Gasteiger partial charge in [-0.25, -0.2) is 0 Å². The highest BCUT2D eigenvalue weighted by atomic mass is 32.2. The summed E-state index contributed by atoms with van der Waals surface area (Å²) in [7, 11) is 0.284. The molecule has 1 N–H and O–H groups in total. The van der Waals surface area contributed by atoms with Crippen molar-refractivity contribution in [1.82, 2.24) is 13.9 Å². The van der Waals surface area contributed by atoms with E-state index in [1.807, 2.05) is 0 Å². The molecule has 1 heterocycles. The SMILES string of the molecule is CNC(=O)C1CN(S(=O)(=O)N(C)C)CCN1c1ccc(C#N)c(C(F)(F)F)c1. The number of likely N-dealkylation sites (N-methyl/N-ethyl adjacent to an activating group) is 1. The highest BCUT2D eigenvalue weighted by Crippen LogP contribution is 2.35. The fourth-order valence-electron chi connectivity index (χ4n) is 2.94. The molecule has 0 bridgehead atoms. The maximum absolute atomic E-state index is 13.3. The Morgan fingerprint density at radius 1 is 1.32 bits per heavy atom. The number of rotatable bonds is 4. The van der Waals surface area contributed by atoms with Gasteiger partial charge in [0.2, 0.25) is 5.91 Å². The first kappa shape index (κ1) is 21.9. The molecule has 1 saturated heterocycles. The van der Waals surface area contributed by atoms with Gasteiger partial charge in [-0.1, -0.05) is 0 Å². The minimum Gasteiger partial charge on any atom is -0.357 e. The first-order valence-electron chi connectivity index (χ1n) is 8.20. The number of nitrogens with zero attached hydrogens (tertiary/aromatic N) is 4. The van der Waals surface area contributed by atoms with Crippen LogP contribution < -0.4 is 10.2 Å². The van der Waals surface area contributed by atoms with Crippen molar-refractivity contribution in [1.29, 1.82) is 5.26 Å². The number of carbonyl (C=O) groups is 1. The van der Waals surface area contributed by atoms with Gasteiger partial charge in [0.1, 0.15) is 6.04 Å². The summed E-state index contributed by atoms with van der Waals surface area (Å²) in [4.78, 5) is 13.7. The van der Waals surface area contributed by atoms with E-state index in [9.17, 15) is 26.4 Å². The number of nitrogens with one attached hydrogen (secondary N) is 1. The minimum absolute atomic E-state index is 0.00460. The number of anilines is 1. The summed E-state index contributed by atoms with van der Waals surface area (Å²) in [5.41, 5.74) is -1.55. The summed E-state index contributed by atoms with van der Waals surface area (Å²) in [6.45, 7) is -0.217. The second-order valence-electron chi connectivity index (χ2n) is 6.31. The Bertz CT molecular complexity index is 896. The lowest BCUT2D eigenvalue weighted by Gasteiger charge is -2.41. The number of alkyl halides is 3. The molecule has 0 radical (unpaired) electrons. The third-order valence-corrected chi connectivity index (χ3v) is 6.35.